The molecule has 1 fully saturated rings. The van der Waals surface area contributed by atoms with Crippen molar-refractivity contribution >= 4 is 45.9 Å². The van der Waals surface area contributed by atoms with Gasteiger partial charge in [0.1, 0.15) is 11.4 Å². The van der Waals surface area contributed by atoms with E-state index in [1.165, 1.54) is 10.5 Å². The van der Waals surface area contributed by atoms with Crippen LogP contribution in [0.25, 0.3) is 17.0 Å². The lowest BCUT2D eigenvalue weighted by atomic mass is 10.1. The van der Waals surface area contributed by atoms with E-state index in [2.05, 4.69) is 40.3 Å². The van der Waals surface area contributed by atoms with Crippen molar-refractivity contribution in [3.63, 3.8) is 0 Å². The smallest absolute Gasteiger partial charge is 0.281 e. The van der Waals surface area contributed by atoms with E-state index in [9.17, 15) is 4.79 Å². The zero-order chi connectivity index (χ0) is 22.1. The largest absolute Gasteiger partial charge is 0.497 e. The van der Waals surface area contributed by atoms with Gasteiger partial charge in [0.15, 0.2) is 5.11 Å². The molecule has 0 aliphatic carbocycles. The van der Waals surface area contributed by atoms with Crippen molar-refractivity contribution in [3.8, 4) is 5.75 Å². The van der Waals surface area contributed by atoms with E-state index in [1.54, 1.807) is 7.11 Å². The third-order valence-corrected chi connectivity index (χ3v) is 5.81. The molecule has 4 aromatic rings. The Morgan fingerprint density at radius 2 is 1.69 bits per heavy atom. The summed E-state index contributed by atoms with van der Waals surface area (Å²) in [6.07, 6.45) is 3.96. The Labute approximate surface area is 191 Å². The molecule has 1 N–H and O–H groups in total. The van der Waals surface area contributed by atoms with Gasteiger partial charge in [-0.2, -0.15) is 0 Å². The van der Waals surface area contributed by atoms with E-state index in [0.717, 1.165) is 28.8 Å². The average Bonchev–Trinajstić information content (AvgIpc) is 3.31. The molecule has 5 rings (SSSR count). The van der Waals surface area contributed by atoms with Crippen LogP contribution in [0.15, 0.2) is 90.8 Å². The van der Waals surface area contributed by atoms with Crippen molar-refractivity contribution in [2.24, 2.45) is 0 Å². The normalized spacial score (nSPS) is 14.9. The van der Waals surface area contributed by atoms with Crippen molar-refractivity contribution in [2.45, 2.75) is 6.54 Å². The summed E-state index contributed by atoms with van der Waals surface area (Å²) < 4.78 is 7.41. The van der Waals surface area contributed by atoms with E-state index in [0.29, 0.717) is 16.5 Å². The van der Waals surface area contributed by atoms with Crippen LogP contribution in [0.1, 0.15) is 11.1 Å². The van der Waals surface area contributed by atoms with Crippen molar-refractivity contribution in [1.29, 1.82) is 0 Å². The van der Waals surface area contributed by atoms with Gasteiger partial charge in [0.05, 0.1) is 12.8 Å². The summed E-state index contributed by atoms with van der Waals surface area (Å²) in [5.74, 6) is 0.543. The number of amides is 1. The van der Waals surface area contributed by atoms with Crippen LogP contribution >= 0.6 is 12.2 Å². The number of benzene rings is 3. The first-order valence-corrected chi connectivity index (χ1v) is 10.7. The van der Waals surface area contributed by atoms with Gasteiger partial charge in [-0.1, -0.05) is 48.5 Å². The van der Waals surface area contributed by atoms with Crippen LogP contribution in [0.2, 0.25) is 0 Å². The number of thiocarbonyl (C=S) groups is 1. The van der Waals surface area contributed by atoms with Gasteiger partial charge < -0.3 is 14.6 Å². The number of aromatic nitrogens is 1. The lowest BCUT2D eigenvalue weighted by Gasteiger charge is -2.14. The van der Waals surface area contributed by atoms with Crippen LogP contribution in [0.4, 0.5) is 5.69 Å². The lowest BCUT2D eigenvalue weighted by molar-refractivity contribution is -0.113. The molecule has 1 saturated heterocycles. The lowest BCUT2D eigenvalue weighted by Crippen LogP contribution is -2.30. The highest BCUT2D eigenvalue weighted by Gasteiger charge is 2.32. The highest BCUT2D eigenvalue weighted by Crippen LogP contribution is 2.28. The second-order valence-corrected chi connectivity index (χ2v) is 7.93. The number of para-hydroxylation sites is 1. The standard InChI is InChI=1S/C26H21N3O2S/c1-31-21-13-11-20(12-14-21)29-25(30)23(27-26(29)32)15-19-17-28(16-18-7-3-2-4-8-18)24-10-6-5-9-22(19)24/h2-15,17H,16H2,1H3,(H,27,32)/b23-15+. The molecule has 0 spiro atoms. The zero-order valence-corrected chi connectivity index (χ0v) is 18.3. The summed E-state index contributed by atoms with van der Waals surface area (Å²) in [5, 5.41) is 4.52. The van der Waals surface area contributed by atoms with Crippen LogP contribution in [0.3, 0.4) is 0 Å². The van der Waals surface area contributed by atoms with Crippen LogP contribution in [0, 0.1) is 0 Å². The van der Waals surface area contributed by atoms with Crippen LogP contribution in [0.5, 0.6) is 5.75 Å². The van der Waals surface area contributed by atoms with Gasteiger partial charge in [0, 0.05) is 29.2 Å². The van der Waals surface area contributed by atoms with Gasteiger partial charge in [-0.05, 0) is 54.2 Å². The fourth-order valence-electron chi connectivity index (χ4n) is 3.96. The van der Waals surface area contributed by atoms with E-state index in [4.69, 9.17) is 17.0 Å². The Balaban J connectivity index is 1.50. The van der Waals surface area contributed by atoms with Gasteiger partial charge >= 0.3 is 0 Å². The fraction of sp³-hybridized carbons (Fsp3) is 0.0769. The molecule has 0 saturated carbocycles. The van der Waals surface area contributed by atoms with Crippen molar-refractivity contribution in [2.75, 3.05) is 12.0 Å². The first kappa shape index (κ1) is 20.0. The molecule has 1 aliphatic heterocycles. The van der Waals surface area contributed by atoms with Crippen molar-refractivity contribution in [1.82, 2.24) is 9.88 Å². The molecule has 6 heteroatoms. The van der Waals surface area contributed by atoms with Crippen molar-refractivity contribution in [3.05, 3.63) is 102 Å². The van der Waals surface area contributed by atoms with Gasteiger partial charge in [-0.25, -0.2) is 0 Å². The minimum absolute atomic E-state index is 0.181. The Bertz CT molecular complexity index is 1340. The van der Waals surface area contributed by atoms with E-state index >= 15 is 0 Å². The topological polar surface area (TPSA) is 46.5 Å². The number of ether oxygens (including phenoxy) is 1. The van der Waals surface area contributed by atoms with Gasteiger partial charge in [0.2, 0.25) is 0 Å². The van der Waals surface area contributed by atoms with E-state index in [1.807, 2.05) is 60.7 Å². The highest BCUT2D eigenvalue weighted by atomic mass is 32.1. The SMILES string of the molecule is COc1ccc(N2C(=O)/C(=C\c3cn(Cc4ccccc4)c4ccccc34)NC2=S)cc1. The van der Waals surface area contributed by atoms with E-state index in [-0.39, 0.29) is 5.91 Å². The number of rotatable bonds is 5. The molecule has 5 nitrogen and oxygen atoms in total. The first-order valence-electron chi connectivity index (χ1n) is 10.3. The molecule has 0 atom stereocenters. The Morgan fingerprint density at radius 3 is 2.44 bits per heavy atom. The average molecular weight is 440 g/mol. The molecule has 1 amide bonds. The number of fused-ring (bicyclic) bond motifs is 1. The third-order valence-electron chi connectivity index (χ3n) is 5.52. The summed E-state index contributed by atoms with van der Waals surface area (Å²) in [4.78, 5) is 14.7. The quantitative estimate of drug-likeness (QED) is 0.353. The molecule has 0 bridgehead atoms. The summed E-state index contributed by atoms with van der Waals surface area (Å²) >= 11 is 5.46. The zero-order valence-electron chi connectivity index (χ0n) is 17.5. The summed E-state index contributed by atoms with van der Waals surface area (Å²) in [5.41, 5.74) is 4.45. The minimum Gasteiger partial charge on any atom is -0.497 e. The van der Waals surface area contributed by atoms with Crippen molar-refractivity contribution < 1.29 is 9.53 Å². The summed E-state index contributed by atoms with van der Waals surface area (Å²) in [6.45, 7) is 0.752. The molecule has 2 heterocycles. The molecular formula is C26H21N3O2S. The summed E-state index contributed by atoms with van der Waals surface area (Å²) in [6, 6.07) is 25.8. The Morgan fingerprint density at radius 1 is 0.969 bits per heavy atom. The summed E-state index contributed by atoms with van der Waals surface area (Å²) in [7, 11) is 1.61. The maximum Gasteiger partial charge on any atom is 0.281 e. The Hall–Kier alpha value is -3.90. The van der Waals surface area contributed by atoms with Gasteiger partial charge in [-0.15, -0.1) is 0 Å². The number of methoxy groups -OCH3 is 1. The maximum absolute atomic E-state index is 13.2. The maximum atomic E-state index is 13.2. The highest BCUT2D eigenvalue weighted by molar-refractivity contribution is 7.80. The van der Waals surface area contributed by atoms with Crippen LogP contribution in [-0.4, -0.2) is 22.7 Å². The van der Waals surface area contributed by atoms with Crippen LogP contribution < -0.4 is 15.0 Å². The molecule has 1 aliphatic rings. The number of hydrogen-bond acceptors (Lipinski definition) is 3. The second-order valence-electron chi connectivity index (χ2n) is 7.54. The minimum atomic E-state index is -0.181. The number of nitrogens with one attached hydrogen (secondary N) is 1. The second kappa shape index (κ2) is 8.32. The fourth-order valence-corrected chi connectivity index (χ4v) is 4.26. The number of carbonyl (C=O) groups is 1. The number of anilines is 1. The third kappa shape index (κ3) is 3.65. The molecule has 0 unspecified atom stereocenters. The van der Waals surface area contributed by atoms with E-state index < -0.39 is 0 Å². The predicted molar refractivity (Wildman–Crippen MR) is 132 cm³/mol. The molecule has 3 aromatic carbocycles. The molecule has 1 aromatic heterocycles. The predicted octanol–water partition coefficient (Wildman–Crippen LogP) is 4.96. The Kier molecular flexibility index (Phi) is 5.21. The van der Waals surface area contributed by atoms with Crippen LogP contribution in [-0.2, 0) is 11.3 Å². The monoisotopic (exact) mass is 439 g/mol. The first-order chi connectivity index (χ1) is 15.6. The molecular weight excluding hydrogens is 418 g/mol. The number of nitrogens with zero attached hydrogens (tertiary/aromatic N) is 2. The van der Waals surface area contributed by atoms with Gasteiger partial charge in [-0.3, -0.25) is 9.69 Å². The number of carbonyl (C=O) groups excluding carboxylic acids is 1. The molecule has 32 heavy (non-hydrogen) atoms. The van der Waals surface area contributed by atoms with Gasteiger partial charge in [0.25, 0.3) is 5.91 Å². The molecule has 0 radical (unpaired) electrons. The molecule has 158 valence electrons. The number of hydrogen-bond donors (Lipinski definition) is 1.